The van der Waals surface area contributed by atoms with Crippen molar-refractivity contribution in [3.05, 3.63) is 0 Å². The third kappa shape index (κ3) is 1.84. The normalized spacial score (nSPS) is 30.5. The van der Waals surface area contributed by atoms with E-state index in [1.165, 1.54) is 6.92 Å². The Morgan fingerprint density at radius 2 is 1.88 bits per heavy atom. The van der Waals surface area contributed by atoms with Crippen LogP contribution in [0.5, 0.6) is 0 Å². The molecule has 0 saturated carbocycles. The van der Waals surface area contributed by atoms with Crippen LogP contribution in [0.15, 0.2) is 0 Å². The van der Waals surface area contributed by atoms with E-state index in [0.29, 0.717) is 0 Å². The monoisotopic (exact) mass is 231 g/mol. The van der Waals surface area contributed by atoms with Gasteiger partial charge in [0.25, 0.3) is 0 Å². The van der Waals surface area contributed by atoms with Gasteiger partial charge in [-0.2, -0.15) is 0 Å². The highest BCUT2D eigenvalue weighted by Gasteiger charge is 2.55. The summed E-state index contributed by atoms with van der Waals surface area (Å²) >= 11 is 0. The minimum Gasteiger partial charge on any atom is -0.479 e. The summed E-state index contributed by atoms with van der Waals surface area (Å²) in [5.41, 5.74) is -1.98. The highest BCUT2D eigenvalue weighted by Crippen LogP contribution is 2.37. The van der Waals surface area contributed by atoms with E-state index in [4.69, 9.17) is 14.9 Å². The van der Waals surface area contributed by atoms with Crippen LogP contribution in [-0.2, 0) is 9.53 Å². The van der Waals surface area contributed by atoms with Crippen LogP contribution in [0.4, 0.5) is 4.79 Å². The van der Waals surface area contributed by atoms with Crippen LogP contribution < -0.4 is 0 Å². The van der Waals surface area contributed by atoms with Crippen LogP contribution in [0.3, 0.4) is 0 Å². The largest absolute Gasteiger partial charge is 0.479 e. The Labute approximate surface area is 93.8 Å². The maximum absolute atomic E-state index is 11.2. The maximum atomic E-state index is 11.2. The number of carboxylic acid groups (broad SMARTS) is 2. The summed E-state index contributed by atoms with van der Waals surface area (Å²) in [5.74, 6) is -1.19. The third-order valence-electron chi connectivity index (χ3n) is 2.70. The fourth-order valence-electron chi connectivity index (χ4n) is 1.76. The number of nitrogens with zero attached hydrogens (tertiary/aromatic N) is 1. The van der Waals surface area contributed by atoms with Crippen molar-refractivity contribution < 1.29 is 24.5 Å². The van der Waals surface area contributed by atoms with Gasteiger partial charge in [0.1, 0.15) is 6.23 Å². The lowest BCUT2D eigenvalue weighted by molar-refractivity contribution is -0.148. The van der Waals surface area contributed by atoms with Gasteiger partial charge >= 0.3 is 12.1 Å². The van der Waals surface area contributed by atoms with Crippen LogP contribution in [0.25, 0.3) is 0 Å². The van der Waals surface area contributed by atoms with Crippen LogP contribution in [0.1, 0.15) is 27.7 Å². The molecule has 1 heterocycles. The molecule has 1 fully saturated rings. The summed E-state index contributed by atoms with van der Waals surface area (Å²) in [6, 6.07) is 0. The Kier molecular flexibility index (Phi) is 2.89. The van der Waals surface area contributed by atoms with Gasteiger partial charge < -0.3 is 14.9 Å². The molecule has 1 saturated heterocycles. The number of hydrogen-bond donors (Lipinski definition) is 2. The van der Waals surface area contributed by atoms with E-state index < -0.39 is 29.2 Å². The first-order chi connectivity index (χ1) is 7.10. The number of hydrogen-bond acceptors (Lipinski definition) is 3. The summed E-state index contributed by atoms with van der Waals surface area (Å²) in [4.78, 5) is 23.2. The second-order valence-corrected chi connectivity index (χ2v) is 5.26. The van der Waals surface area contributed by atoms with Crippen molar-refractivity contribution in [2.45, 2.75) is 39.5 Å². The van der Waals surface area contributed by atoms with E-state index in [2.05, 4.69) is 0 Å². The molecular weight excluding hydrogens is 214 g/mol. The molecule has 6 heteroatoms. The summed E-state index contributed by atoms with van der Waals surface area (Å²) in [6.07, 6.45) is -2.02. The van der Waals surface area contributed by atoms with Crippen LogP contribution >= 0.6 is 0 Å². The molecule has 0 aromatic heterocycles. The zero-order valence-electron chi connectivity index (χ0n) is 9.85. The molecule has 1 rings (SSSR count). The Morgan fingerprint density at radius 3 is 2.19 bits per heavy atom. The number of carboxylic acids is 1. The lowest BCUT2D eigenvalue weighted by Crippen LogP contribution is -2.57. The summed E-state index contributed by atoms with van der Waals surface area (Å²) in [5, 5.41) is 18.2. The molecule has 1 amide bonds. The number of rotatable bonds is 1. The highest BCUT2D eigenvalue weighted by atomic mass is 16.5. The molecule has 1 aliphatic heterocycles. The Balaban J connectivity index is 3.13. The van der Waals surface area contributed by atoms with Crippen molar-refractivity contribution in [2.24, 2.45) is 5.41 Å². The molecular formula is C10H17NO5. The molecule has 2 unspecified atom stereocenters. The van der Waals surface area contributed by atoms with Gasteiger partial charge in [0, 0.05) is 5.41 Å². The van der Waals surface area contributed by atoms with Crippen molar-refractivity contribution >= 4 is 12.1 Å². The second-order valence-electron chi connectivity index (χ2n) is 5.26. The van der Waals surface area contributed by atoms with Crippen molar-refractivity contribution in [3.8, 4) is 0 Å². The Morgan fingerprint density at radius 1 is 1.38 bits per heavy atom. The van der Waals surface area contributed by atoms with E-state index in [1.807, 2.05) is 0 Å². The predicted molar refractivity (Wildman–Crippen MR) is 55.1 cm³/mol. The van der Waals surface area contributed by atoms with E-state index in [-0.39, 0.29) is 6.61 Å². The van der Waals surface area contributed by atoms with Gasteiger partial charge in [-0.05, 0) is 6.92 Å². The van der Waals surface area contributed by atoms with Crippen molar-refractivity contribution in [1.29, 1.82) is 0 Å². The number of aliphatic carboxylic acids is 1. The minimum atomic E-state index is -1.51. The zero-order chi connectivity index (χ0) is 12.7. The minimum absolute atomic E-state index is 0.128. The molecule has 0 aromatic carbocycles. The topological polar surface area (TPSA) is 87.1 Å². The van der Waals surface area contributed by atoms with E-state index >= 15 is 0 Å². The highest BCUT2D eigenvalue weighted by molar-refractivity contribution is 5.84. The zero-order valence-corrected chi connectivity index (χ0v) is 9.85. The lowest BCUT2D eigenvalue weighted by Gasteiger charge is -2.36. The molecule has 1 aliphatic rings. The van der Waals surface area contributed by atoms with Crippen molar-refractivity contribution in [2.75, 3.05) is 6.61 Å². The fourth-order valence-corrected chi connectivity index (χ4v) is 1.76. The van der Waals surface area contributed by atoms with E-state index in [9.17, 15) is 9.59 Å². The quantitative estimate of drug-likeness (QED) is 0.708. The average Bonchev–Trinajstić information content (AvgIpc) is 2.43. The molecule has 2 atom stereocenters. The van der Waals surface area contributed by atoms with Crippen LogP contribution in [0, 0.1) is 5.41 Å². The average molecular weight is 231 g/mol. The second kappa shape index (κ2) is 3.62. The third-order valence-corrected chi connectivity index (χ3v) is 2.70. The van der Waals surface area contributed by atoms with Gasteiger partial charge in [0.15, 0.2) is 5.54 Å². The predicted octanol–water partition coefficient (Wildman–Crippen LogP) is 1.21. The van der Waals surface area contributed by atoms with Crippen LogP contribution in [-0.4, -0.2) is 45.5 Å². The van der Waals surface area contributed by atoms with Crippen molar-refractivity contribution in [3.63, 3.8) is 0 Å². The molecule has 0 bridgehead atoms. The number of ether oxygens (including phenoxy) is 1. The molecule has 0 spiro atoms. The molecule has 2 N–H and O–H groups in total. The van der Waals surface area contributed by atoms with Crippen molar-refractivity contribution in [1.82, 2.24) is 4.90 Å². The maximum Gasteiger partial charge on any atom is 0.410 e. The molecule has 6 nitrogen and oxygen atoms in total. The van der Waals surface area contributed by atoms with Gasteiger partial charge in [0.05, 0.1) is 6.61 Å². The number of amides is 1. The van der Waals surface area contributed by atoms with E-state index in [1.54, 1.807) is 20.8 Å². The standard InChI is InChI=1S/C10H17NO5/c1-9(2,3)6-11(8(14)15)10(4,5-16-6)7(12)13/h6H,5H2,1-4H3,(H,12,13)(H,14,15). The first-order valence-corrected chi connectivity index (χ1v) is 4.98. The molecule has 0 aromatic rings. The number of carbonyl (C=O) groups is 2. The van der Waals surface area contributed by atoms with Gasteiger partial charge in [-0.3, -0.25) is 4.90 Å². The molecule has 0 aliphatic carbocycles. The molecule has 92 valence electrons. The smallest absolute Gasteiger partial charge is 0.410 e. The first kappa shape index (κ1) is 12.8. The van der Waals surface area contributed by atoms with Gasteiger partial charge in [-0.1, -0.05) is 20.8 Å². The Bertz CT molecular complexity index is 322. The lowest BCUT2D eigenvalue weighted by atomic mass is 9.92. The first-order valence-electron chi connectivity index (χ1n) is 4.98. The molecule has 16 heavy (non-hydrogen) atoms. The van der Waals surface area contributed by atoms with Gasteiger partial charge in [0.2, 0.25) is 0 Å². The summed E-state index contributed by atoms with van der Waals surface area (Å²) < 4.78 is 5.33. The van der Waals surface area contributed by atoms with Crippen LogP contribution in [0.2, 0.25) is 0 Å². The molecule has 0 radical (unpaired) electrons. The van der Waals surface area contributed by atoms with Gasteiger partial charge in [-0.15, -0.1) is 0 Å². The summed E-state index contributed by atoms with van der Waals surface area (Å²) in [7, 11) is 0. The summed E-state index contributed by atoms with van der Waals surface area (Å²) in [6.45, 7) is 6.65. The fraction of sp³-hybridized carbons (Fsp3) is 0.800. The van der Waals surface area contributed by atoms with E-state index in [0.717, 1.165) is 4.90 Å². The van der Waals surface area contributed by atoms with Gasteiger partial charge in [-0.25, -0.2) is 9.59 Å². The Hall–Kier alpha value is -1.30. The SMILES string of the molecule is CC(C)(C)C1OCC(C)(C(=O)O)N1C(=O)O.